The third-order valence-corrected chi connectivity index (χ3v) is 5.84. The fourth-order valence-corrected chi connectivity index (χ4v) is 4.18. The smallest absolute Gasteiger partial charge is 0.0849 e. The molecule has 0 saturated carbocycles. The molecule has 0 aliphatic rings. The summed E-state index contributed by atoms with van der Waals surface area (Å²) in [5, 5.41) is 2.12. The summed E-state index contributed by atoms with van der Waals surface area (Å²) in [6.45, 7) is 8.66. The van der Waals surface area contributed by atoms with Gasteiger partial charge in [-0.05, 0) is 95.1 Å². The third kappa shape index (κ3) is 2.61. The van der Waals surface area contributed by atoms with Crippen molar-refractivity contribution in [2.45, 2.75) is 33.1 Å². The van der Waals surface area contributed by atoms with Crippen LogP contribution in [0.1, 0.15) is 38.8 Å². The summed E-state index contributed by atoms with van der Waals surface area (Å²) in [5.74, 6) is 0. The van der Waals surface area contributed by atoms with Crippen molar-refractivity contribution >= 4 is 45.5 Å². The molecule has 1 aromatic carbocycles. The lowest BCUT2D eigenvalue weighted by molar-refractivity contribution is 1.06. The Morgan fingerprint density at radius 3 is 2.06 bits per heavy atom. The fourth-order valence-electron chi connectivity index (χ4n) is 2.25. The van der Waals surface area contributed by atoms with Gasteiger partial charge in [0.15, 0.2) is 0 Å². The van der Waals surface area contributed by atoms with E-state index in [1.807, 2.05) is 0 Å². The highest BCUT2D eigenvalue weighted by Gasteiger charge is 2.19. The van der Waals surface area contributed by atoms with Crippen molar-refractivity contribution in [2.24, 2.45) is 0 Å². The zero-order valence-electron chi connectivity index (χ0n) is 11.0. The van der Waals surface area contributed by atoms with Crippen LogP contribution in [-0.2, 0) is 0 Å². The Hall–Kier alpha value is -0.0600. The number of rotatable bonds is 2. The zero-order valence-corrected chi connectivity index (χ0v) is 14.7. The summed E-state index contributed by atoms with van der Waals surface area (Å²) in [6, 6.07) is 4.43. The van der Waals surface area contributed by atoms with Crippen molar-refractivity contribution in [3.63, 3.8) is 0 Å². The molecule has 0 aliphatic heterocycles. The minimum atomic E-state index is -0.0386. The van der Waals surface area contributed by atoms with Crippen molar-refractivity contribution in [1.82, 2.24) is 0 Å². The van der Waals surface area contributed by atoms with E-state index < -0.39 is 0 Å². The van der Waals surface area contributed by atoms with Crippen LogP contribution in [0, 0.1) is 30.6 Å². The van der Waals surface area contributed by atoms with Crippen LogP contribution >= 0.6 is 45.5 Å². The number of thiophene rings is 1. The molecule has 0 amide bonds. The highest BCUT2D eigenvalue weighted by Crippen LogP contribution is 2.37. The first kappa shape index (κ1) is 14.4. The Morgan fingerprint density at radius 1 is 1.06 bits per heavy atom. The van der Waals surface area contributed by atoms with Gasteiger partial charge in [-0.3, -0.25) is 0 Å². The number of aryl methyl sites for hydroxylation is 2. The minimum Gasteiger partial charge on any atom is -0.137 e. The average molecular weight is 391 g/mol. The van der Waals surface area contributed by atoms with E-state index in [2.05, 4.69) is 67.8 Å². The second-order valence-electron chi connectivity index (χ2n) is 4.72. The summed E-state index contributed by atoms with van der Waals surface area (Å²) in [4.78, 5) is 0. The molecule has 2 rings (SSSR count). The molecule has 0 fully saturated rings. The molecule has 1 unspecified atom stereocenters. The molecule has 3 heteroatoms. The Labute approximate surface area is 132 Å². The van der Waals surface area contributed by atoms with Crippen LogP contribution in [0.4, 0.5) is 0 Å². The summed E-state index contributed by atoms with van der Waals surface area (Å²) in [7, 11) is 0. The molecular weight excluding hydrogens is 375 g/mol. The van der Waals surface area contributed by atoms with Crippen LogP contribution in [-0.4, -0.2) is 0 Å². The third-order valence-electron chi connectivity index (χ3n) is 3.56. The van der Waals surface area contributed by atoms with Gasteiger partial charge in [-0.2, -0.15) is 0 Å². The molecule has 0 N–H and O–H groups in total. The van der Waals surface area contributed by atoms with Crippen molar-refractivity contribution in [2.75, 3.05) is 0 Å². The Balaban J connectivity index is 2.57. The van der Waals surface area contributed by atoms with E-state index in [0.29, 0.717) is 0 Å². The molecule has 18 heavy (non-hydrogen) atoms. The number of hydrogen-bond acceptors (Lipinski definition) is 1. The first-order valence-corrected chi connectivity index (χ1v) is 8.26. The molecule has 0 spiro atoms. The number of benzene rings is 1. The molecule has 0 radical (unpaired) electrons. The average Bonchev–Trinajstić information content (AvgIpc) is 2.73. The van der Waals surface area contributed by atoms with Crippen molar-refractivity contribution in [3.8, 4) is 0 Å². The molecule has 1 heterocycles. The zero-order chi connectivity index (χ0) is 13.4. The minimum absolute atomic E-state index is 0.0386. The summed E-state index contributed by atoms with van der Waals surface area (Å²) < 4.78 is 1.29. The largest absolute Gasteiger partial charge is 0.137 e. The molecular formula is C15H16ClIS. The van der Waals surface area contributed by atoms with Gasteiger partial charge in [-0.1, -0.05) is 6.07 Å². The first-order chi connectivity index (χ1) is 8.41. The van der Waals surface area contributed by atoms with Gasteiger partial charge in [-0.25, -0.2) is 0 Å². The molecule has 0 aliphatic carbocycles. The first-order valence-electron chi connectivity index (χ1n) is 5.87. The van der Waals surface area contributed by atoms with E-state index in [4.69, 9.17) is 11.6 Å². The van der Waals surface area contributed by atoms with Crippen LogP contribution in [0.5, 0.6) is 0 Å². The predicted molar refractivity (Wildman–Crippen MR) is 90.1 cm³/mol. The van der Waals surface area contributed by atoms with E-state index in [1.54, 1.807) is 11.3 Å². The summed E-state index contributed by atoms with van der Waals surface area (Å²) in [5.41, 5.74) is 7.77. The van der Waals surface area contributed by atoms with E-state index >= 15 is 0 Å². The second-order valence-corrected chi connectivity index (χ2v) is 7.96. The van der Waals surface area contributed by atoms with Gasteiger partial charge in [-0.15, -0.1) is 22.9 Å². The van der Waals surface area contributed by atoms with Crippen LogP contribution in [0.25, 0.3) is 0 Å². The van der Waals surface area contributed by atoms with Gasteiger partial charge < -0.3 is 0 Å². The van der Waals surface area contributed by atoms with E-state index in [0.717, 1.165) is 0 Å². The van der Waals surface area contributed by atoms with Crippen LogP contribution in [0.15, 0.2) is 17.5 Å². The molecule has 1 aromatic heterocycles. The van der Waals surface area contributed by atoms with Gasteiger partial charge in [0.25, 0.3) is 0 Å². The van der Waals surface area contributed by atoms with Crippen LogP contribution < -0.4 is 0 Å². The Bertz CT molecular complexity index is 560. The highest BCUT2D eigenvalue weighted by molar-refractivity contribution is 14.1. The van der Waals surface area contributed by atoms with Gasteiger partial charge in [0.2, 0.25) is 0 Å². The Morgan fingerprint density at radius 2 is 1.61 bits per heavy atom. The lowest BCUT2D eigenvalue weighted by Crippen LogP contribution is -2.02. The van der Waals surface area contributed by atoms with Crippen molar-refractivity contribution < 1.29 is 0 Å². The molecule has 2 aromatic rings. The standard InChI is InChI=1S/C15H16ClIS/c1-8-5-9(2)11(4)14(10(8)3)15(16)12-6-13(17)18-7-12/h5-7,15H,1-4H3. The van der Waals surface area contributed by atoms with Gasteiger partial charge in [0.05, 0.1) is 8.26 Å². The molecule has 0 bridgehead atoms. The fraction of sp³-hybridized carbons (Fsp3) is 0.333. The molecule has 0 nitrogen and oxygen atoms in total. The number of alkyl halides is 1. The summed E-state index contributed by atoms with van der Waals surface area (Å²) in [6.07, 6.45) is 0. The normalized spacial score (nSPS) is 12.8. The van der Waals surface area contributed by atoms with Crippen molar-refractivity contribution in [1.29, 1.82) is 0 Å². The van der Waals surface area contributed by atoms with E-state index in [9.17, 15) is 0 Å². The van der Waals surface area contributed by atoms with E-state index in [1.165, 1.54) is 36.3 Å². The summed E-state index contributed by atoms with van der Waals surface area (Å²) >= 11 is 10.8. The molecule has 1 atom stereocenters. The highest BCUT2D eigenvalue weighted by atomic mass is 127. The van der Waals surface area contributed by atoms with Crippen LogP contribution in [0.3, 0.4) is 0 Å². The topological polar surface area (TPSA) is 0 Å². The van der Waals surface area contributed by atoms with Gasteiger partial charge in [0.1, 0.15) is 0 Å². The Kier molecular flexibility index (Phi) is 4.40. The van der Waals surface area contributed by atoms with Crippen molar-refractivity contribution in [3.05, 3.63) is 53.8 Å². The lowest BCUT2D eigenvalue weighted by atomic mass is 9.90. The van der Waals surface area contributed by atoms with E-state index in [-0.39, 0.29) is 5.38 Å². The maximum Gasteiger partial charge on any atom is 0.0849 e. The lowest BCUT2D eigenvalue weighted by Gasteiger charge is -2.19. The second kappa shape index (κ2) is 5.51. The van der Waals surface area contributed by atoms with Crippen LogP contribution in [0.2, 0.25) is 0 Å². The van der Waals surface area contributed by atoms with Gasteiger partial charge >= 0.3 is 0 Å². The SMILES string of the molecule is Cc1cc(C)c(C)c(C(Cl)c2csc(I)c2)c1C. The van der Waals surface area contributed by atoms with Gasteiger partial charge in [0, 0.05) is 0 Å². The maximum atomic E-state index is 6.70. The number of hydrogen-bond donors (Lipinski definition) is 0. The molecule has 0 saturated heterocycles. The quantitative estimate of drug-likeness (QED) is 0.441. The predicted octanol–water partition coefficient (Wildman–Crippen LogP) is 5.91. The monoisotopic (exact) mass is 390 g/mol. The number of halogens is 2. The maximum absolute atomic E-state index is 6.70. The molecule has 96 valence electrons.